The predicted molar refractivity (Wildman–Crippen MR) is 107 cm³/mol. The summed E-state index contributed by atoms with van der Waals surface area (Å²) in [5.41, 5.74) is 2.41. The van der Waals surface area contributed by atoms with Crippen molar-refractivity contribution in [3.05, 3.63) is 71.8 Å². The fraction of sp³-hybridized carbons (Fsp3) is 0.435. The molecule has 1 aliphatic rings. The average Bonchev–Trinajstić information content (AvgIpc) is 2.70. The Labute approximate surface area is 157 Å². The standard InChI is InChI=1S/C23H30N2O/c1-3-17(2)22(19-12-8-5-9-13-19)23(26)25-21-14-15-24-16-20(21)18-10-6-4-7-11-18/h4-13,17,20-22,24H,3,14-16H2,1-2H3,(H,25,26). The summed E-state index contributed by atoms with van der Waals surface area (Å²) >= 11 is 0. The van der Waals surface area contributed by atoms with Crippen LogP contribution in [0.25, 0.3) is 0 Å². The minimum atomic E-state index is -0.0903. The maximum atomic E-state index is 13.3. The van der Waals surface area contributed by atoms with Crippen LogP contribution in [0.3, 0.4) is 0 Å². The highest BCUT2D eigenvalue weighted by molar-refractivity contribution is 5.84. The molecule has 1 amide bonds. The van der Waals surface area contributed by atoms with E-state index in [0.717, 1.165) is 31.5 Å². The van der Waals surface area contributed by atoms with Crippen LogP contribution in [0.1, 0.15) is 49.7 Å². The third-order valence-electron chi connectivity index (χ3n) is 5.69. The maximum Gasteiger partial charge on any atom is 0.228 e. The van der Waals surface area contributed by atoms with E-state index < -0.39 is 0 Å². The van der Waals surface area contributed by atoms with Gasteiger partial charge in [0.15, 0.2) is 0 Å². The molecule has 2 aromatic rings. The molecule has 0 bridgehead atoms. The Morgan fingerprint density at radius 1 is 1.12 bits per heavy atom. The molecule has 4 unspecified atom stereocenters. The molecule has 0 radical (unpaired) electrons. The fourth-order valence-electron chi connectivity index (χ4n) is 3.99. The van der Waals surface area contributed by atoms with Gasteiger partial charge in [0.25, 0.3) is 0 Å². The Morgan fingerprint density at radius 2 is 1.77 bits per heavy atom. The number of hydrogen-bond donors (Lipinski definition) is 2. The Morgan fingerprint density at radius 3 is 2.42 bits per heavy atom. The van der Waals surface area contributed by atoms with Crippen molar-refractivity contribution in [2.45, 2.75) is 44.6 Å². The second-order valence-corrected chi connectivity index (χ2v) is 7.40. The zero-order chi connectivity index (χ0) is 18.4. The number of rotatable bonds is 6. The van der Waals surface area contributed by atoms with Crippen LogP contribution in [0.15, 0.2) is 60.7 Å². The Hall–Kier alpha value is -2.13. The van der Waals surface area contributed by atoms with Gasteiger partial charge in [-0.25, -0.2) is 0 Å². The maximum absolute atomic E-state index is 13.3. The number of hydrogen-bond acceptors (Lipinski definition) is 2. The summed E-state index contributed by atoms with van der Waals surface area (Å²) in [6.07, 6.45) is 1.95. The van der Waals surface area contributed by atoms with E-state index in [0.29, 0.717) is 11.8 Å². The molecule has 4 atom stereocenters. The van der Waals surface area contributed by atoms with Crippen LogP contribution >= 0.6 is 0 Å². The normalized spacial score (nSPS) is 22.4. The molecule has 2 aromatic carbocycles. The van der Waals surface area contributed by atoms with Crippen molar-refractivity contribution in [2.75, 3.05) is 13.1 Å². The van der Waals surface area contributed by atoms with Gasteiger partial charge in [-0.1, -0.05) is 80.9 Å². The van der Waals surface area contributed by atoms with Crippen LogP contribution < -0.4 is 10.6 Å². The van der Waals surface area contributed by atoms with Gasteiger partial charge in [-0.2, -0.15) is 0 Å². The number of nitrogens with one attached hydrogen (secondary N) is 2. The quantitative estimate of drug-likeness (QED) is 0.824. The minimum Gasteiger partial charge on any atom is -0.352 e. The SMILES string of the molecule is CCC(C)C(C(=O)NC1CCNCC1c1ccccc1)c1ccccc1. The summed E-state index contributed by atoms with van der Waals surface area (Å²) in [6.45, 7) is 6.20. The molecular weight excluding hydrogens is 320 g/mol. The number of piperidine rings is 1. The van der Waals surface area contributed by atoms with E-state index in [9.17, 15) is 4.79 Å². The molecule has 0 aliphatic carbocycles. The zero-order valence-electron chi connectivity index (χ0n) is 15.8. The highest BCUT2D eigenvalue weighted by Crippen LogP contribution is 2.29. The zero-order valence-corrected chi connectivity index (χ0v) is 15.8. The number of carbonyl (C=O) groups is 1. The molecule has 138 valence electrons. The van der Waals surface area contributed by atoms with Gasteiger partial charge in [-0.15, -0.1) is 0 Å². The van der Waals surface area contributed by atoms with Gasteiger partial charge in [0.2, 0.25) is 5.91 Å². The molecule has 0 aromatic heterocycles. The van der Waals surface area contributed by atoms with Gasteiger partial charge in [0, 0.05) is 18.5 Å². The lowest BCUT2D eigenvalue weighted by Crippen LogP contribution is -2.49. The molecule has 0 spiro atoms. The van der Waals surface area contributed by atoms with E-state index >= 15 is 0 Å². The first-order valence-corrected chi connectivity index (χ1v) is 9.81. The van der Waals surface area contributed by atoms with Gasteiger partial charge in [0.05, 0.1) is 5.92 Å². The molecule has 1 aliphatic heterocycles. The van der Waals surface area contributed by atoms with Crippen molar-refractivity contribution in [1.82, 2.24) is 10.6 Å². The smallest absolute Gasteiger partial charge is 0.228 e. The van der Waals surface area contributed by atoms with E-state index in [1.807, 2.05) is 24.3 Å². The van der Waals surface area contributed by atoms with E-state index in [-0.39, 0.29) is 17.9 Å². The Balaban J connectivity index is 1.79. The van der Waals surface area contributed by atoms with Crippen molar-refractivity contribution >= 4 is 5.91 Å². The first kappa shape index (κ1) is 18.7. The van der Waals surface area contributed by atoms with Crippen molar-refractivity contribution in [3.8, 4) is 0 Å². The third-order valence-corrected chi connectivity index (χ3v) is 5.69. The summed E-state index contributed by atoms with van der Waals surface area (Å²) < 4.78 is 0. The van der Waals surface area contributed by atoms with E-state index in [2.05, 4.69) is 60.9 Å². The summed E-state index contributed by atoms with van der Waals surface area (Å²) in [5, 5.41) is 6.88. The molecule has 3 heteroatoms. The summed E-state index contributed by atoms with van der Waals surface area (Å²) in [7, 11) is 0. The molecule has 0 saturated carbocycles. The monoisotopic (exact) mass is 350 g/mol. The summed E-state index contributed by atoms with van der Waals surface area (Å²) in [6, 6.07) is 20.9. The molecule has 26 heavy (non-hydrogen) atoms. The number of amides is 1. The van der Waals surface area contributed by atoms with Gasteiger partial charge in [-0.05, 0) is 30.0 Å². The van der Waals surface area contributed by atoms with Crippen LogP contribution in [0.5, 0.6) is 0 Å². The second-order valence-electron chi connectivity index (χ2n) is 7.40. The topological polar surface area (TPSA) is 41.1 Å². The first-order chi connectivity index (χ1) is 12.7. The van der Waals surface area contributed by atoms with Gasteiger partial charge in [0.1, 0.15) is 0 Å². The Bertz CT molecular complexity index is 686. The van der Waals surface area contributed by atoms with Crippen molar-refractivity contribution < 1.29 is 4.79 Å². The number of benzene rings is 2. The minimum absolute atomic E-state index is 0.0903. The number of carbonyl (C=O) groups excluding carboxylic acids is 1. The molecule has 1 heterocycles. The lowest BCUT2D eigenvalue weighted by molar-refractivity contribution is -0.124. The lowest BCUT2D eigenvalue weighted by Gasteiger charge is -2.35. The molecular formula is C23H30N2O. The highest BCUT2D eigenvalue weighted by atomic mass is 16.2. The van der Waals surface area contributed by atoms with Crippen molar-refractivity contribution in [1.29, 1.82) is 0 Å². The van der Waals surface area contributed by atoms with Gasteiger partial charge >= 0.3 is 0 Å². The fourth-order valence-corrected chi connectivity index (χ4v) is 3.99. The van der Waals surface area contributed by atoms with Crippen LogP contribution in [0.4, 0.5) is 0 Å². The van der Waals surface area contributed by atoms with E-state index in [1.165, 1.54) is 5.56 Å². The summed E-state index contributed by atoms with van der Waals surface area (Å²) in [4.78, 5) is 13.3. The first-order valence-electron chi connectivity index (χ1n) is 9.81. The summed E-state index contributed by atoms with van der Waals surface area (Å²) in [5.74, 6) is 0.711. The van der Waals surface area contributed by atoms with E-state index in [1.54, 1.807) is 0 Å². The van der Waals surface area contributed by atoms with Crippen LogP contribution in [0, 0.1) is 5.92 Å². The predicted octanol–water partition coefficient (Wildman–Crippen LogP) is 4.08. The largest absolute Gasteiger partial charge is 0.352 e. The van der Waals surface area contributed by atoms with Crippen molar-refractivity contribution in [3.63, 3.8) is 0 Å². The van der Waals surface area contributed by atoms with Crippen LogP contribution in [-0.4, -0.2) is 25.0 Å². The van der Waals surface area contributed by atoms with Crippen LogP contribution in [-0.2, 0) is 4.79 Å². The molecule has 2 N–H and O–H groups in total. The van der Waals surface area contributed by atoms with Crippen LogP contribution in [0.2, 0.25) is 0 Å². The van der Waals surface area contributed by atoms with Gasteiger partial charge in [-0.3, -0.25) is 4.79 Å². The highest BCUT2D eigenvalue weighted by Gasteiger charge is 2.32. The third kappa shape index (κ3) is 4.34. The van der Waals surface area contributed by atoms with Crippen molar-refractivity contribution in [2.24, 2.45) is 5.92 Å². The lowest BCUT2D eigenvalue weighted by atomic mass is 9.83. The van der Waals surface area contributed by atoms with E-state index in [4.69, 9.17) is 0 Å². The second kappa shape index (κ2) is 9.00. The molecule has 1 fully saturated rings. The Kier molecular flexibility index (Phi) is 6.45. The molecule has 3 nitrogen and oxygen atoms in total. The molecule has 3 rings (SSSR count). The van der Waals surface area contributed by atoms with Gasteiger partial charge < -0.3 is 10.6 Å². The average molecular weight is 351 g/mol. The molecule has 1 saturated heterocycles.